The van der Waals surface area contributed by atoms with Crippen LogP contribution >= 0.6 is 11.6 Å². The van der Waals surface area contributed by atoms with Gasteiger partial charge in [-0.2, -0.15) is 0 Å². The van der Waals surface area contributed by atoms with Crippen molar-refractivity contribution < 1.29 is 4.79 Å². The summed E-state index contributed by atoms with van der Waals surface area (Å²) in [5.74, 6) is -0.0840. The summed E-state index contributed by atoms with van der Waals surface area (Å²) in [6.45, 7) is 2.09. The van der Waals surface area contributed by atoms with Gasteiger partial charge in [-0.15, -0.1) is 0 Å². The molecule has 1 aliphatic rings. The first-order chi connectivity index (χ1) is 8.19. The molecule has 1 nitrogen and oxygen atoms in total. The Kier molecular flexibility index (Phi) is 3.80. The lowest BCUT2D eigenvalue weighted by Gasteiger charge is -2.11. The van der Waals surface area contributed by atoms with Crippen LogP contribution in [0, 0.1) is 0 Å². The van der Waals surface area contributed by atoms with Crippen LogP contribution in [0.15, 0.2) is 47.6 Å². The van der Waals surface area contributed by atoms with Gasteiger partial charge in [-0.1, -0.05) is 47.0 Å². The van der Waals surface area contributed by atoms with E-state index in [0.29, 0.717) is 5.02 Å². The van der Waals surface area contributed by atoms with E-state index in [2.05, 4.69) is 19.1 Å². The molecule has 1 atom stereocenters. The maximum absolute atomic E-state index is 11.2. The van der Waals surface area contributed by atoms with Gasteiger partial charge in [0.25, 0.3) is 0 Å². The maximum atomic E-state index is 11.2. The minimum absolute atomic E-state index is 0.0840. The fourth-order valence-electron chi connectivity index (χ4n) is 2.14. The average Bonchev–Trinajstić information content (AvgIpc) is 2.72. The molecule has 2 heteroatoms. The topological polar surface area (TPSA) is 17.1 Å². The van der Waals surface area contributed by atoms with Crippen molar-refractivity contribution in [2.24, 2.45) is 0 Å². The lowest BCUT2D eigenvalue weighted by Crippen LogP contribution is -2.01. The molecule has 0 amide bonds. The van der Waals surface area contributed by atoms with Crippen molar-refractivity contribution in [2.45, 2.75) is 25.7 Å². The molecular formula is C15H15ClO. The second-order valence-electron chi connectivity index (χ2n) is 4.46. The second-order valence-corrected chi connectivity index (χ2v) is 4.89. The molecule has 0 fully saturated rings. The molecule has 2 rings (SSSR count). The first-order valence-electron chi connectivity index (χ1n) is 5.76. The highest BCUT2D eigenvalue weighted by Gasteiger charge is 2.14. The highest BCUT2D eigenvalue weighted by Crippen LogP contribution is 2.29. The van der Waals surface area contributed by atoms with Crippen molar-refractivity contribution in [2.75, 3.05) is 0 Å². The van der Waals surface area contributed by atoms with E-state index in [0.717, 1.165) is 24.7 Å². The third-order valence-corrected chi connectivity index (χ3v) is 3.28. The Morgan fingerprint density at radius 3 is 2.88 bits per heavy atom. The first kappa shape index (κ1) is 12.1. The molecule has 0 spiro atoms. The summed E-state index contributed by atoms with van der Waals surface area (Å²) in [5, 5.41) is 0.684. The Balaban J connectivity index is 2.12. The van der Waals surface area contributed by atoms with Crippen molar-refractivity contribution in [1.29, 1.82) is 0 Å². The van der Waals surface area contributed by atoms with Crippen LogP contribution in [-0.4, -0.2) is 6.29 Å². The van der Waals surface area contributed by atoms with Crippen LogP contribution in [0.2, 0.25) is 5.02 Å². The molecule has 88 valence electrons. The van der Waals surface area contributed by atoms with Crippen molar-refractivity contribution in [1.82, 2.24) is 0 Å². The van der Waals surface area contributed by atoms with E-state index in [4.69, 9.17) is 11.6 Å². The number of halogens is 1. The summed E-state index contributed by atoms with van der Waals surface area (Å²) in [6.07, 6.45) is 7.13. The smallest absolute Gasteiger partial charge is 0.127 e. The Bertz CT molecular complexity index is 485. The van der Waals surface area contributed by atoms with Crippen LogP contribution < -0.4 is 0 Å². The molecule has 1 aromatic carbocycles. The largest absolute Gasteiger partial charge is 0.303 e. The molecular weight excluding hydrogens is 232 g/mol. The quantitative estimate of drug-likeness (QED) is 0.725. The minimum Gasteiger partial charge on any atom is -0.303 e. The molecule has 1 aliphatic carbocycles. The molecule has 0 radical (unpaired) electrons. The lowest BCUT2D eigenvalue weighted by atomic mass is 9.93. The monoisotopic (exact) mass is 246 g/mol. The lowest BCUT2D eigenvalue weighted by molar-refractivity contribution is -0.109. The normalized spacial score (nSPS) is 16.4. The van der Waals surface area contributed by atoms with Gasteiger partial charge in [0.1, 0.15) is 6.29 Å². The van der Waals surface area contributed by atoms with Gasteiger partial charge in [0.15, 0.2) is 0 Å². The summed E-state index contributed by atoms with van der Waals surface area (Å²) in [5.41, 5.74) is 3.60. The summed E-state index contributed by atoms with van der Waals surface area (Å²) < 4.78 is 0. The molecule has 0 bridgehead atoms. The SMILES string of the molecule is CC1=CCC(CC(C=O)c2cccc(Cl)c2)=C1. The number of carbonyl (C=O) groups is 1. The third kappa shape index (κ3) is 3.07. The van der Waals surface area contributed by atoms with E-state index in [9.17, 15) is 4.79 Å². The highest BCUT2D eigenvalue weighted by molar-refractivity contribution is 6.30. The van der Waals surface area contributed by atoms with Gasteiger partial charge >= 0.3 is 0 Å². The fraction of sp³-hybridized carbons (Fsp3) is 0.267. The van der Waals surface area contributed by atoms with Gasteiger partial charge in [0, 0.05) is 10.9 Å². The predicted octanol–water partition coefficient (Wildman–Crippen LogP) is 4.29. The van der Waals surface area contributed by atoms with Crippen molar-refractivity contribution in [3.05, 3.63) is 58.1 Å². The van der Waals surface area contributed by atoms with Gasteiger partial charge in [0.05, 0.1) is 0 Å². The number of rotatable bonds is 4. The summed E-state index contributed by atoms with van der Waals surface area (Å²) in [6, 6.07) is 7.55. The van der Waals surface area contributed by atoms with Crippen LogP contribution in [0.4, 0.5) is 0 Å². The number of allylic oxidation sites excluding steroid dienone is 4. The fourth-order valence-corrected chi connectivity index (χ4v) is 2.34. The third-order valence-electron chi connectivity index (χ3n) is 3.04. The second kappa shape index (κ2) is 5.33. The van der Waals surface area contributed by atoms with Crippen molar-refractivity contribution >= 4 is 17.9 Å². The van der Waals surface area contributed by atoms with Crippen molar-refractivity contribution in [3.63, 3.8) is 0 Å². The minimum atomic E-state index is -0.0840. The molecule has 0 aromatic heterocycles. The zero-order chi connectivity index (χ0) is 12.3. The van der Waals surface area contributed by atoms with Crippen LogP contribution in [0.1, 0.15) is 31.2 Å². The van der Waals surface area contributed by atoms with Crippen LogP contribution in [0.5, 0.6) is 0 Å². The number of hydrogen-bond donors (Lipinski definition) is 0. The predicted molar refractivity (Wildman–Crippen MR) is 71.3 cm³/mol. The number of aldehydes is 1. The number of carbonyl (C=O) groups excluding carboxylic acids is 1. The first-order valence-corrected chi connectivity index (χ1v) is 6.14. The maximum Gasteiger partial charge on any atom is 0.127 e. The number of hydrogen-bond acceptors (Lipinski definition) is 1. The Morgan fingerprint density at radius 2 is 2.29 bits per heavy atom. The van der Waals surface area contributed by atoms with E-state index in [1.807, 2.05) is 24.3 Å². The van der Waals surface area contributed by atoms with E-state index in [1.54, 1.807) is 0 Å². The molecule has 1 aromatic rings. The molecule has 0 saturated carbocycles. The zero-order valence-corrected chi connectivity index (χ0v) is 10.6. The van der Waals surface area contributed by atoms with Crippen LogP contribution in [0.25, 0.3) is 0 Å². The average molecular weight is 247 g/mol. The highest BCUT2D eigenvalue weighted by atomic mass is 35.5. The summed E-state index contributed by atoms with van der Waals surface area (Å²) in [4.78, 5) is 11.2. The van der Waals surface area contributed by atoms with Gasteiger partial charge in [-0.3, -0.25) is 0 Å². The molecule has 17 heavy (non-hydrogen) atoms. The Labute approximate surface area is 107 Å². The van der Waals surface area contributed by atoms with Crippen LogP contribution in [0.3, 0.4) is 0 Å². The molecule has 1 unspecified atom stereocenters. The Hall–Kier alpha value is -1.34. The molecule has 0 aliphatic heterocycles. The Morgan fingerprint density at radius 1 is 1.47 bits per heavy atom. The molecule has 0 saturated heterocycles. The number of benzene rings is 1. The zero-order valence-electron chi connectivity index (χ0n) is 9.82. The summed E-state index contributed by atoms with van der Waals surface area (Å²) in [7, 11) is 0. The van der Waals surface area contributed by atoms with E-state index in [-0.39, 0.29) is 5.92 Å². The van der Waals surface area contributed by atoms with E-state index >= 15 is 0 Å². The van der Waals surface area contributed by atoms with E-state index in [1.165, 1.54) is 11.1 Å². The van der Waals surface area contributed by atoms with E-state index < -0.39 is 0 Å². The van der Waals surface area contributed by atoms with Gasteiger partial charge in [0.2, 0.25) is 0 Å². The van der Waals surface area contributed by atoms with Crippen LogP contribution in [-0.2, 0) is 4.79 Å². The van der Waals surface area contributed by atoms with Gasteiger partial charge in [-0.25, -0.2) is 0 Å². The van der Waals surface area contributed by atoms with Crippen molar-refractivity contribution in [3.8, 4) is 0 Å². The molecule has 0 heterocycles. The van der Waals surface area contributed by atoms with Gasteiger partial charge < -0.3 is 4.79 Å². The summed E-state index contributed by atoms with van der Waals surface area (Å²) >= 11 is 5.94. The molecule has 0 N–H and O–H groups in total. The standard InChI is InChI=1S/C15H15ClO/c1-11-5-6-12(7-11)8-14(10-17)13-3-2-4-15(16)9-13/h2-5,7,9-10,14H,6,8H2,1H3. The van der Waals surface area contributed by atoms with Gasteiger partial charge in [-0.05, 0) is 37.5 Å².